The minimum Gasteiger partial charge on any atom is -0.313 e. The molecule has 0 aliphatic rings. The van der Waals surface area contributed by atoms with Crippen molar-refractivity contribution in [2.24, 2.45) is 0 Å². The molecule has 4 nitrogen and oxygen atoms in total. The average Bonchev–Trinajstić information content (AvgIpc) is 2.38. The molecule has 0 saturated heterocycles. The molecule has 1 aromatic carbocycles. The molecule has 0 saturated carbocycles. The van der Waals surface area contributed by atoms with E-state index in [2.05, 4.69) is 5.32 Å². The van der Waals surface area contributed by atoms with Crippen molar-refractivity contribution >= 4 is 21.6 Å². The molecule has 0 spiro atoms. The van der Waals surface area contributed by atoms with Crippen LogP contribution in [0.2, 0.25) is 5.02 Å². The molecule has 20 heavy (non-hydrogen) atoms. The van der Waals surface area contributed by atoms with Gasteiger partial charge >= 0.3 is 0 Å². The highest BCUT2D eigenvalue weighted by atomic mass is 35.5. The van der Waals surface area contributed by atoms with E-state index in [1.54, 1.807) is 13.8 Å². The molecule has 0 heterocycles. The van der Waals surface area contributed by atoms with E-state index in [1.807, 2.05) is 6.92 Å². The Kier molecular flexibility index (Phi) is 5.94. The molecule has 0 bridgehead atoms. The first-order valence-corrected chi connectivity index (χ1v) is 8.20. The van der Waals surface area contributed by atoms with Gasteiger partial charge in [-0.15, -0.1) is 0 Å². The van der Waals surface area contributed by atoms with Gasteiger partial charge in [-0.25, -0.2) is 12.8 Å². The summed E-state index contributed by atoms with van der Waals surface area (Å²) in [7, 11) is -2.25. The first-order valence-electron chi connectivity index (χ1n) is 6.38. The summed E-state index contributed by atoms with van der Waals surface area (Å²) >= 11 is 5.87. The Hall–Kier alpha value is -0.690. The topological polar surface area (TPSA) is 49.4 Å². The molecule has 0 unspecified atom stereocenters. The van der Waals surface area contributed by atoms with E-state index in [9.17, 15) is 12.8 Å². The minimum absolute atomic E-state index is 0.0444. The van der Waals surface area contributed by atoms with Crippen LogP contribution in [0.3, 0.4) is 0 Å². The molecule has 0 aliphatic carbocycles. The lowest BCUT2D eigenvalue weighted by molar-refractivity contribution is 0.410. The molecule has 1 N–H and O–H groups in total. The first kappa shape index (κ1) is 17.4. The number of hydrogen-bond acceptors (Lipinski definition) is 3. The SMILES string of the molecule is CCNCc1cc(S(=O)(=O)N(C)C(C)C)cc(F)c1Cl. The lowest BCUT2D eigenvalue weighted by Crippen LogP contribution is -2.33. The highest BCUT2D eigenvalue weighted by molar-refractivity contribution is 7.89. The van der Waals surface area contributed by atoms with E-state index in [4.69, 9.17) is 11.6 Å². The molecule has 0 radical (unpaired) electrons. The summed E-state index contributed by atoms with van der Waals surface area (Å²) in [6, 6.07) is 2.17. The molecule has 0 amide bonds. The van der Waals surface area contributed by atoms with Crippen LogP contribution in [0, 0.1) is 5.82 Å². The molecule has 0 fully saturated rings. The van der Waals surface area contributed by atoms with Gasteiger partial charge in [0.1, 0.15) is 5.82 Å². The van der Waals surface area contributed by atoms with E-state index in [1.165, 1.54) is 17.4 Å². The number of benzene rings is 1. The van der Waals surface area contributed by atoms with E-state index in [0.29, 0.717) is 18.7 Å². The maximum Gasteiger partial charge on any atom is 0.243 e. The zero-order chi connectivity index (χ0) is 15.5. The standard InChI is InChI=1S/C13H20ClFN2O2S/c1-5-16-8-10-6-11(7-12(15)13(10)14)20(18,19)17(4)9(2)3/h6-7,9,16H,5,8H2,1-4H3. The highest BCUT2D eigenvalue weighted by Crippen LogP contribution is 2.26. The van der Waals surface area contributed by atoms with E-state index >= 15 is 0 Å². The maximum absolute atomic E-state index is 13.8. The third-order valence-corrected chi connectivity index (χ3v) is 5.48. The molecule has 7 heteroatoms. The molecular formula is C13H20ClFN2O2S. The van der Waals surface area contributed by atoms with Gasteiger partial charge in [0.2, 0.25) is 10.0 Å². The van der Waals surface area contributed by atoms with Crippen LogP contribution < -0.4 is 5.32 Å². The van der Waals surface area contributed by atoms with Crippen LogP contribution in [0.1, 0.15) is 26.3 Å². The van der Waals surface area contributed by atoms with Gasteiger partial charge in [0, 0.05) is 19.6 Å². The van der Waals surface area contributed by atoms with Gasteiger partial charge in [0.05, 0.1) is 9.92 Å². The van der Waals surface area contributed by atoms with Crippen LogP contribution in [-0.4, -0.2) is 32.4 Å². The fraction of sp³-hybridized carbons (Fsp3) is 0.538. The van der Waals surface area contributed by atoms with Gasteiger partial charge in [-0.3, -0.25) is 0 Å². The normalized spacial score (nSPS) is 12.4. The number of nitrogens with one attached hydrogen (secondary N) is 1. The predicted molar refractivity (Wildman–Crippen MR) is 78.9 cm³/mol. The Bertz CT molecular complexity index is 576. The van der Waals surface area contributed by atoms with Gasteiger partial charge in [-0.05, 0) is 38.1 Å². The van der Waals surface area contributed by atoms with Gasteiger partial charge in [0.15, 0.2) is 0 Å². The molecule has 1 aromatic rings. The summed E-state index contributed by atoms with van der Waals surface area (Å²) < 4.78 is 39.7. The zero-order valence-electron chi connectivity index (χ0n) is 12.1. The fourth-order valence-electron chi connectivity index (χ4n) is 1.60. The molecule has 114 valence electrons. The molecule has 0 aliphatic heterocycles. The summed E-state index contributed by atoms with van der Waals surface area (Å²) in [5.74, 6) is -0.724. The average molecular weight is 323 g/mol. The lowest BCUT2D eigenvalue weighted by Gasteiger charge is -2.21. The fourth-order valence-corrected chi connectivity index (χ4v) is 3.21. The maximum atomic E-state index is 13.8. The van der Waals surface area contributed by atoms with E-state index in [0.717, 1.165) is 6.07 Å². The smallest absolute Gasteiger partial charge is 0.243 e. The van der Waals surface area contributed by atoms with Gasteiger partial charge in [-0.2, -0.15) is 4.31 Å². The molecule has 0 aromatic heterocycles. The van der Waals surface area contributed by atoms with Crippen LogP contribution in [0.15, 0.2) is 17.0 Å². The second kappa shape index (κ2) is 6.85. The second-order valence-electron chi connectivity index (χ2n) is 4.77. The summed E-state index contributed by atoms with van der Waals surface area (Å²) in [6.07, 6.45) is 0. The van der Waals surface area contributed by atoms with E-state index < -0.39 is 15.8 Å². The van der Waals surface area contributed by atoms with Crippen LogP contribution in [-0.2, 0) is 16.6 Å². The van der Waals surface area contributed by atoms with Crippen molar-refractivity contribution in [3.63, 3.8) is 0 Å². The van der Waals surface area contributed by atoms with Crippen LogP contribution in [0.25, 0.3) is 0 Å². The Balaban J connectivity index is 3.29. The minimum atomic E-state index is -3.72. The van der Waals surface area contributed by atoms with Crippen molar-refractivity contribution in [2.75, 3.05) is 13.6 Å². The predicted octanol–water partition coefficient (Wildman–Crippen LogP) is 2.62. The second-order valence-corrected chi connectivity index (χ2v) is 7.15. The van der Waals surface area contributed by atoms with Gasteiger partial charge in [0.25, 0.3) is 0 Å². The quantitative estimate of drug-likeness (QED) is 0.876. The summed E-state index contributed by atoms with van der Waals surface area (Å²) in [4.78, 5) is -0.0801. The Morgan fingerprint density at radius 3 is 2.50 bits per heavy atom. The first-order chi connectivity index (χ1) is 9.21. The molecule has 0 atom stereocenters. The summed E-state index contributed by atoms with van der Waals surface area (Å²) in [6.45, 7) is 6.41. The summed E-state index contributed by atoms with van der Waals surface area (Å²) in [5, 5.41) is 2.96. The van der Waals surface area contributed by atoms with Crippen molar-refractivity contribution < 1.29 is 12.8 Å². The van der Waals surface area contributed by atoms with Crippen LogP contribution in [0.4, 0.5) is 4.39 Å². The summed E-state index contributed by atoms with van der Waals surface area (Å²) in [5.41, 5.74) is 0.434. The Morgan fingerprint density at radius 2 is 2.00 bits per heavy atom. The number of rotatable bonds is 6. The number of nitrogens with zero attached hydrogens (tertiary/aromatic N) is 1. The van der Waals surface area contributed by atoms with Gasteiger partial charge < -0.3 is 5.32 Å². The van der Waals surface area contributed by atoms with Crippen molar-refractivity contribution in [3.8, 4) is 0 Å². The van der Waals surface area contributed by atoms with Crippen LogP contribution in [0.5, 0.6) is 0 Å². The highest BCUT2D eigenvalue weighted by Gasteiger charge is 2.25. The third kappa shape index (κ3) is 3.69. The molecular weight excluding hydrogens is 303 g/mol. The lowest BCUT2D eigenvalue weighted by atomic mass is 10.2. The van der Waals surface area contributed by atoms with Crippen LogP contribution >= 0.6 is 11.6 Å². The van der Waals surface area contributed by atoms with Gasteiger partial charge in [-0.1, -0.05) is 18.5 Å². The largest absolute Gasteiger partial charge is 0.313 e. The third-order valence-electron chi connectivity index (χ3n) is 3.05. The van der Waals surface area contributed by atoms with Crippen molar-refractivity contribution in [1.82, 2.24) is 9.62 Å². The van der Waals surface area contributed by atoms with E-state index in [-0.39, 0.29) is 16.0 Å². The monoisotopic (exact) mass is 322 g/mol. The van der Waals surface area contributed by atoms with Crippen molar-refractivity contribution in [2.45, 2.75) is 38.3 Å². The zero-order valence-corrected chi connectivity index (χ0v) is 13.6. The number of hydrogen-bond donors (Lipinski definition) is 1. The van der Waals surface area contributed by atoms with Crippen molar-refractivity contribution in [3.05, 3.63) is 28.5 Å². The van der Waals surface area contributed by atoms with Crippen molar-refractivity contribution in [1.29, 1.82) is 0 Å². The number of sulfonamides is 1. The Labute approximate surface area is 125 Å². The molecule has 1 rings (SSSR count). The number of halogens is 2. The Morgan fingerprint density at radius 1 is 1.40 bits per heavy atom.